The zero-order valence-electron chi connectivity index (χ0n) is 15.1. The number of nitrogens with two attached hydrogens (primary N) is 1. The average Bonchev–Trinajstić information content (AvgIpc) is 3.14. The third-order valence-corrected chi connectivity index (χ3v) is 6.18. The van der Waals surface area contributed by atoms with Crippen LogP contribution in [0.2, 0.25) is 0 Å². The van der Waals surface area contributed by atoms with E-state index in [1.54, 1.807) is 0 Å². The van der Waals surface area contributed by atoms with E-state index in [0.29, 0.717) is 0 Å². The van der Waals surface area contributed by atoms with E-state index in [2.05, 4.69) is 10.2 Å². The molecular weight excluding hydrogens is 330 g/mol. The maximum absolute atomic E-state index is 12.4. The second kappa shape index (κ2) is 7.00. The molecule has 3 fully saturated rings. The molecule has 1 aromatic rings. The molecule has 2 heterocycles. The Hall–Kier alpha value is -1.92. The molecule has 1 saturated carbocycles. The molecule has 3 unspecified atom stereocenters. The van der Waals surface area contributed by atoms with Gasteiger partial charge in [0.15, 0.2) is 0 Å². The first-order valence-corrected chi connectivity index (χ1v) is 9.55. The second-order valence-corrected chi connectivity index (χ2v) is 8.08. The van der Waals surface area contributed by atoms with Crippen molar-refractivity contribution in [2.45, 2.75) is 32.2 Å². The summed E-state index contributed by atoms with van der Waals surface area (Å²) in [7, 11) is 0. The number of likely N-dealkylation sites (tertiary alicyclic amines) is 1. The van der Waals surface area contributed by atoms with Crippen LogP contribution in [0.15, 0.2) is 24.3 Å². The lowest BCUT2D eigenvalue weighted by Crippen LogP contribution is -2.40. The number of benzene rings is 1. The van der Waals surface area contributed by atoms with E-state index in [1.807, 2.05) is 24.3 Å². The van der Waals surface area contributed by atoms with Gasteiger partial charge in [-0.1, -0.05) is 12.1 Å². The molecular formula is C20H27N3O3. The normalized spacial score (nSPS) is 31.1. The van der Waals surface area contributed by atoms with Crippen molar-refractivity contribution in [2.75, 3.05) is 31.6 Å². The molecule has 0 bridgehead atoms. The quantitative estimate of drug-likeness (QED) is 0.841. The fraction of sp³-hybridized carbons (Fsp3) is 0.600. The number of carbonyl (C=O) groups is 2. The van der Waals surface area contributed by atoms with Gasteiger partial charge < -0.3 is 15.8 Å². The Bertz CT molecular complexity index is 682. The molecule has 1 spiro atoms. The Balaban J connectivity index is 1.29. The van der Waals surface area contributed by atoms with Gasteiger partial charge in [-0.2, -0.15) is 0 Å². The Morgan fingerprint density at radius 2 is 2.12 bits per heavy atom. The van der Waals surface area contributed by atoms with Crippen LogP contribution in [0.1, 0.15) is 31.2 Å². The standard InChI is InChI=1S/C20H27N3O3/c21-18(24)15-2-1-8-23(12-15)11-14-3-5-16(6-4-14)22-19(25)17-10-20(17)7-9-26-13-20/h3-6,15,17H,1-2,7-13H2,(H2,21,24)(H,22,25). The third kappa shape index (κ3) is 3.62. The van der Waals surface area contributed by atoms with Crippen molar-refractivity contribution in [3.05, 3.63) is 29.8 Å². The summed E-state index contributed by atoms with van der Waals surface area (Å²) in [5, 5.41) is 3.04. The lowest BCUT2D eigenvalue weighted by Gasteiger charge is -2.31. The van der Waals surface area contributed by atoms with E-state index >= 15 is 0 Å². The summed E-state index contributed by atoms with van der Waals surface area (Å²) < 4.78 is 5.45. The SMILES string of the molecule is NC(=O)C1CCCN(Cc2ccc(NC(=O)C3CC34CCOC4)cc2)C1. The van der Waals surface area contributed by atoms with Crippen LogP contribution in [0.25, 0.3) is 0 Å². The van der Waals surface area contributed by atoms with Crippen LogP contribution in [-0.2, 0) is 20.9 Å². The number of nitrogens with zero attached hydrogens (tertiary/aromatic N) is 1. The monoisotopic (exact) mass is 357 g/mol. The fourth-order valence-electron chi connectivity index (χ4n) is 4.39. The highest BCUT2D eigenvalue weighted by Gasteiger charge is 2.59. The molecule has 0 radical (unpaired) electrons. The number of piperidine rings is 1. The minimum absolute atomic E-state index is 0.0345. The number of anilines is 1. The molecule has 2 amide bonds. The second-order valence-electron chi connectivity index (χ2n) is 8.08. The van der Waals surface area contributed by atoms with Gasteiger partial charge in [-0.05, 0) is 49.9 Å². The predicted octanol–water partition coefficient (Wildman–Crippen LogP) is 1.75. The lowest BCUT2D eigenvalue weighted by atomic mass is 9.97. The van der Waals surface area contributed by atoms with Crippen molar-refractivity contribution in [1.29, 1.82) is 0 Å². The number of hydrogen-bond donors (Lipinski definition) is 2. The first kappa shape index (κ1) is 17.5. The van der Waals surface area contributed by atoms with Crippen LogP contribution in [0, 0.1) is 17.3 Å². The highest BCUT2D eigenvalue weighted by molar-refractivity contribution is 5.95. The smallest absolute Gasteiger partial charge is 0.228 e. The fourth-order valence-corrected chi connectivity index (χ4v) is 4.39. The highest BCUT2D eigenvalue weighted by atomic mass is 16.5. The minimum Gasteiger partial charge on any atom is -0.381 e. The summed E-state index contributed by atoms with van der Waals surface area (Å²) in [5.74, 6) is -0.0154. The molecule has 4 rings (SSSR count). The molecule has 6 heteroatoms. The van der Waals surface area contributed by atoms with Gasteiger partial charge in [0.05, 0.1) is 12.5 Å². The maximum Gasteiger partial charge on any atom is 0.228 e. The van der Waals surface area contributed by atoms with Gasteiger partial charge in [-0.15, -0.1) is 0 Å². The van der Waals surface area contributed by atoms with E-state index in [4.69, 9.17) is 10.5 Å². The van der Waals surface area contributed by atoms with Crippen LogP contribution >= 0.6 is 0 Å². The van der Waals surface area contributed by atoms with Crippen molar-refractivity contribution in [3.63, 3.8) is 0 Å². The molecule has 6 nitrogen and oxygen atoms in total. The minimum atomic E-state index is -0.196. The molecule has 0 aromatic heterocycles. The zero-order valence-corrected chi connectivity index (χ0v) is 15.1. The Kier molecular flexibility index (Phi) is 4.71. The largest absolute Gasteiger partial charge is 0.381 e. The number of rotatable bonds is 5. The molecule has 140 valence electrons. The highest BCUT2D eigenvalue weighted by Crippen LogP contribution is 2.58. The number of amides is 2. The number of carbonyl (C=O) groups excluding carboxylic acids is 2. The zero-order chi connectivity index (χ0) is 18.1. The third-order valence-electron chi connectivity index (χ3n) is 6.18. The molecule has 2 saturated heterocycles. The van der Waals surface area contributed by atoms with Crippen molar-refractivity contribution >= 4 is 17.5 Å². The van der Waals surface area contributed by atoms with Gasteiger partial charge in [-0.25, -0.2) is 0 Å². The van der Waals surface area contributed by atoms with Gasteiger partial charge >= 0.3 is 0 Å². The number of hydrogen-bond acceptors (Lipinski definition) is 4. The summed E-state index contributed by atoms with van der Waals surface area (Å²) in [6.07, 6.45) is 3.86. The van der Waals surface area contributed by atoms with Gasteiger partial charge in [0.25, 0.3) is 0 Å². The van der Waals surface area contributed by atoms with E-state index in [-0.39, 0.29) is 29.1 Å². The molecule has 3 aliphatic rings. The van der Waals surface area contributed by atoms with Gasteiger partial charge in [0.1, 0.15) is 0 Å². The van der Waals surface area contributed by atoms with Gasteiger partial charge in [0.2, 0.25) is 11.8 Å². The summed E-state index contributed by atoms with van der Waals surface area (Å²) in [4.78, 5) is 26.1. The van der Waals surface area contributed by atoms with Gasteiger partial charge in [-0.3, -0.25) is 14.5 Å². The van der Waals surface area contributed by atoms with Gasteiger partial charge in [0, 0.05) is 36.7 Å². The first-order chi connectivity index (χ1) is 12.6. The molecule has 1 aromatic carbocycles. The van der Waals surface area contributed by atoms with Crippen molar-refractivity contribution < 1.29 is 14.3 Å². The summed E-state index contributed by atoms with van der Waals surface area (Å²) in [6, 6.07) is 8.02. The van der Waals surface area contributed by atoms with Crippen LogP contribution in [0.3, 0.4) is 0 Å². The maximum atomic E-state index is 12.4. The summed E-state index contributed by atoms with van der Waals surface area (Å²) in [5.41, 5.74) is 7.59. The number of ether oxygens (including phenoxy) is 1. The van der Waals surface area contributed by atoms with E-state index in [1.165, 1.54) is 5.56 Å². The Morgan fingerprint density at radius 1 is 1.31 bits per heavy atom. The lowest BCUT2D eigenvalue weighted by molar-refractivity contribution is -0.123. The summed E-state index contributed by atoms with van der Waals surface area (Å²) >= 11 is 0. The molecule has 3 atom stereocenters. The molecule has 26 heavy (non-hydrogen) atoms. The molecule has 1 aliphatic carbocycles. The Labute approximate surface area is 154 Å². The van der Waals surface area contributed by atoms with Crippen LogP contribution in [-0.4, -0.2) is 43.0 Å². The summed E-state index contributed by atoms with van der Waals surface area (Å²) in [6.45, 7) is 4.05. The molecule has 3 N–H and O–H groups in total. The average molecular weight is 357 g/mol. The molecule has 2 aliphatic heterocycles. The number of primary amides is 1. The van der Waals surface area contributed by atoms with Crippen LogP contribution < -0.4 is 11.1 Å². The number of nitrogens with one attached hydrogen (secondary N) is 1. The van der Waals surface area contributed by atoms with Crippen molar-refractivity contribution in [3.8, 4) is 0 Å². The van der Waals surface area contributed by atoms with Crippen molar-refractivity contribution in [2.24, 2.45) is 23.0 Å². The van der Waals surface area contributed by atoms with E-state index in [9.17, 15) is 9.59 Å². The van der Waals surface area contributed by atoms with Crippen LogP contribution in [0.4, 0.5) is 5.69 Å². The predicted molar refractivity (Wildman–Crippen MR) is 98.2 cm³/mol. The Morgan fingerprint density at radius 3 is 2.81 bits per heavy atom. The van der Waals surface area contributed by atoms with Crippen molar-refractivity contribution in [1.82, 2.24) is 4.90 Å². The van der Waals surface area contributed by atoms with E-state index in [0.717, 1.165) is 64.2 Å². The van der Waals surface area contributed by atoms with E-state index < -0.39 is 0 Å². The first-order valence-electron chi connectivity index (χ1n) is 9.55. The topological polar surface area (TPSA) is 84.7 Å². The van der Waals surface area contributed by atoms with Crippen LogP contribution in [0.5, 0.6) is 0 Å².